The van der Waals surface area contributed by atoms with E-state index in [0.717, 1.165) is 30.6 Å². The van der Waals surface area contributed by atoms with Gasteiger partial charge in [0.15, 0.2) is 5.82 Å². The van der Waals surface area contributed by atoms with Crippen molar-refractivity contribution < 1.29 is 22.8 Å². The van der Waals surface area contributed by atoms with E-state index in [1.807, 2.05) is 0 Å². The van der Waals surface area contributed by atoms with Crippen LogP contribution >= 0.6 is 0 Å². The molecule has 2 fully saturated rings. The van der Waals surface area contributed by atoms with Crippen molar-refractivity contribution in [2.75, 3.05) is 13.1 Å². The lowest BCUT2D eigenvalue weighted by Crippen LogP contribution is -2.58. The van der Waals surface area contributed by atoms with Crippen molar-refractivity contribution >= 4 is 22.8 Å². The number of aromatic amines is 1. The number of H-pyrrole nitrogens is 1. The predicted octanol–water partition coefficient (Wildman–Crippen LogP) is 4.59. The Kier molecular flexibility index (Phi) is 6.98. The first kappa shape index (κ1) is 27.9. The fourth-order valence-electron chi connectivity index (χ4n) is 5.89. The van der Waals surface area contributed by atoms with Gasteiger partial charge in [-0.15, -0.1) is 0 Å². The number of imidazole rings is 1. The molecule has 2 N–H and O–H groups in total. The zero-order valence-electron chi connectivity index (χ0n) is 23.5. The van der Waals surface area contributed by atoms with E-state index < -0.39 is 36.8 Å². The van der Waals surface area contributed by atoms with Crippen LogP contribution in [-0.4, -0.2) is 65.4 Å². The van der Waals surface area contributed by atoms with Gasteiger partial charge in [0.25, 0.3) is 17.7 Å². The van der Waals surface area contributed by atoms with Crippen molar-refractivity contribution in [3.8, 4) is 11.1 Å². The first-order chi connectivity index (χ1) is 20.0. The Morgan fingerprint density at radius 3 is 2.50 bits per heavy atom. The number of likely N-dealkylation sites (tertiary alicyclic amines) is 1. The summed E-state index contributed by atoms with van der Waals surface area (Å²) in [4.78, 5) is 43.4. The summed E-state index contributed by atoms with van der Waals surface area (Å²) in [7, 11) is 1.69. The molecule has 1 aliphatic carbocycles. The summed E-state index contributed by atoms with van der Waals surface area (Å²) in [6, 6.07) is 4.26. The highest BCUT2D eigenvalue weighted by Gasteiger charge is 2.47. The number of nitrogens with zero attached hydrogens (tertiary/aromatic N) is 6. The van der Waals surface area contributed by atoms with Gasteiger partial charge in [-0.3, -0.25) is 14.3 Å². The van der Waals surface area contributed by atoms with Gasteiger partial charge in [-0.25, -0.2) is 28.1 Å². The zero-order chi connectivity index (χ0) is 29.8. The summed E-state index contributed by atoms with van der Waals surface area (Å²) < 4.78 is 44.6. The van der Waals surface area contributed by atoms with Crippen LogP contribution in [0, 0.1) is 24.6 Å². The van der Waals surface area contributed by atoms with E-state index in [2.05, 4.69) is 37.3 Å². The summed E-state index contributed by atoms with van der Waals surface area (Å²) in [5.74, 6) is -3.33. The summed E-state index contributed by atoms with van der Waals surface area (Å²) in [6.45, 7) is 2.34. The van der Waals surface area contributed by atoms with E-state index in [1.54, 1.807) is 32.3 Å². The van der Waals surface area contributed by atoms with Gasteiger partial charge >= 0.3 is 0 Å². The largest absolute Gasteiger partial charge is 0.340 e. The van der Waals surface area contributed by atoms with Crippen molar-refractivity contribution in [3.05, 3.63) is 59.4 Å². The number of hydrogen-bond donors (Lipinski definition) is 2. The highest BCUT2D eigenvalue weighted by Crippen LogP contribution is 2.38. The fraction of sp³-hybridized carbons (Fsp3) is 0.448. The summed E-state index contributed by atoms with van der Waals surface area (Å²) >= 11 is 0. The second-order valence-electron chi connectivity index (χ2n) is 11.5. The molecule has 2 aliphatic rings. The molecule has 220 valence electrons. The molecule has 0 bridgehead atoms. The van der Waals surface area contributed by atoms with Crippen LogP contribution in [0.2, 0.25) is 0 Å². The van der Waals surface area contributed by atoms with Crippen LogP contribution in [0.5, 0.6) is 0 Å². The second kappa shape index (κ2) is 10.5. The summed E-state index contributed by atoms with van der Waals surface area (Å²) in [5, 5.41) is 7.19. The third kappa shape index (κ3) is 5.12. The fourth-order valence-corrected chi connectivity index (χ4v) is 5.89. The maximum absolute atomic E-state index is 16.1. The molecular formula is C29H31F3N8O2. The van der Waals surface area contributed by atoms with Crippen LogP contribution in [0.25, 0.3) is 22.2 Å². The van der Waals surface area contributed by atoms with Crippen molar-refractivity contribution in [2.24, 2.45) is 18.9 Å². The molecule has 13 heteroatoms. The molecule has 1 atom stereocenters. The number of nitrogens with one attached hydrogen (secondary N) is 2. The van der Waals surface area contributed by atoms with Gasteiger partial charge in [-0.2, -0.15) is 5.10 Å². The Hall–Kier alpha value is -4.29. The van der Waals surface area contributed by atoms with Crippen molar-refractivity contribution in [1.29, 1.82) is 0 Å². The molecule has 1 saturated heterocycles. The van der Waals surface area contributed by atoms with Crippen LogP contribution in [0.15, 0.2) is 30.6 Å². The maximum atomic E-state index is 16.1. The van der Waals surface area contributed by atoms with Crippen LogP contribution in [0.3, 0.4) is 0 Å². The third-order valence-corrected chi connectivity index (χ3v) is 8.31. The monoisotopic (exact) mass is 580 g/mol. The topological polar surface area (TPSA) is 122 Å². The van der Waals surface area contributed by atoms with E-state index in [1.165, 1.54) is 16.9 Å². The molecule has 0 spiro atoms. The van der Waals surface area contributed by atoms with Gasteiger partial charge in [-0.05, 0) is 49.8 Å². The Morgan fingerprint density at radius 2 is 1.83 bits per heavy atom. The first-order valence-electron chi connectivity index (χ1n) is 14.0. The zero-order valence-corrected chi connectivity index (χ0v) is 23.5. The molecule has 0 unspecified atom stereocenters. The molecule has 10 nitrogen and oxygen atoms in total. The van der Waals surface area contributed by atoms with Gasteiger partial charge < -0.3 is 15.2 Å². The lowest BCUT2D eigenvalue weighted by atomic mass is 9.79. The van der Waals surface area contributed by atoms with Gasteiger partial charge in [0.05, 0.1) is 24.6 Å². The van der Waals surface area contributed by atoms with Gasteiger partial charge in [0.1, 0.15) is 28.6 Å². The first-order valence-corrected chi connectivity index (χ1v) is 14.0. The summed E-state index contributed by atoms with van der Waals surface area (Å²) in [5.41, 5.74) is 0.805. The average Bonchev–Trinajstić information content (AvgIpc) is 3.57. The number of aromatic nitrogens is 6. The average molecular weight is 581 g/mol. The van der Waals surface area contributed by atoms with Crippen LogP contribution < -0.4 is 5.32 Å². The minimum atomic E-state index is -2.95. The van der Waals surface area contributed by atoms with Crippen LogP contribution in [-0.2, 0) is 7.05 Å². The number of aryl methyl sites for hydroxylation is 2. The number of fused-ring (bicyclic) bond motifs is 1. The highest BCUT2D eigenvalue weighted by atomic mass is 19.3. The van der Waals surface area contributed by atoms with E-state index >= 15 is 4.39 Å². The number of carbonyl (C=O) groups excluding carboxylic acids is 2. The highest BCUT2D eigenvalue weighted by molar-refractivity contribution is 6.00. The van der Waals surface area contributed by atoms with Gasteiger partial charge in [-0.1, -0.05) is 19.8 Å². The second-order valence-corrected chi connectivity index (χ2v) is 11.5. The van der Waals surface area contributed by atoms with E-state index in [-0.39, 0.29) is 40.0 Å². The SMILES string of the molecule is Cc1ncc(-c2ccc3[nH]c([C@@H](NC(=O)c4ccnn4C)[C@H]4CC[C@H](C)CC4)nc3c2F)c(C(=O)N2CC(F)(F)C2)n1. The molecule has 0 radical (unpaired) electrons. The standard InChI is InChI=1S/C29H31F3N8O2/c1-15-4-6-17(7-5-15)23(38-27(41)21-10-11-34-39(21)3)26-36-20-9-8-18(22(30)25(20)37-26)19-12-33-16(2)35-24(19)28(42)40-13-29(31,32)14-40/h8-12,15,17,23H,4-7,13-14H2,1-3H3,(H,36,37)(H,38,41)/t15-,17-,23-/m0/s1. The quantitative estimate of drug-likeness (QED) is 0.344. The maximum Gasteiger partial charge on any atom is 0.282 e. The Balaban J connectivity index is 1.37. The Labute approximate surface area is 239 Å². The van der Waals surface area contributed by atoms with E-state index in [9.17, 15) is 18.4 Å². The molecule has 4 heterocycles. The normalized spacial score (nSPS) is 20.8. The Morgan fingerprint density at radius 1 is 1.10 bits per heavy atom. The number of halogens is 3. The number of benzene rings is 1. The number of rotatable bonds is 6. The number of amides is 2. The van der Waals surface area contributed by atoms with Crippen LogP contribution in [0.4, 0.5) is 13.2 Å². The molecule has 1 saturated carbocycles. The van der Waals surface area contributed by atoms with Crippen molar-refractivity contribution in [3.63, 3.8) is 0 Å². The molecule has 3 aromatic heterocycles. The number of alkyl halides is 2. The molecule has 6 rings (SSSR count). The van der Waals surface area contributed by atoms with Gasteiger partial charge in [0, 0.05) is 30.6 Å². The molecule has 42 heavy (non-hydrogen) atoms. The molecule has 1 aromatic carbocycles. The molecule has 4 aromatic rings. The number of carbonyl (C=O) groups is 2. The minimum Gasteiger partial charge on any atom is -0.340 e. The smallest absolute Gasteiger partial charge is 0.282 e. The molecular weight excluding hydrogens is 549 g/mol. The Bertz CT molecular complexity index is 1670. The third-order valence-electron chi connectivity index (χ3n) is 8.31. The van der Waals surface area contributed by atoms with E-state index in [0.29, 0.717) is 23.0 Å². The lowest BCUT2D eigenvalue weighted by molar-refractivity contribution is -0.113. The lowest BCUT2D eigenvalue weighted by Gasteiger charge is -2.38. The minimum absolute atomic E-state index is 0.0261. The van der Waals surface area contributed by atoms with Crippen molar-refractivity contribution in [2.45, 2.75) is 51.5 Å². The predicted molar refractivity (Wildman–Crippen MR) is 147 cm³/mol. The molecule has 2 amide bonds. The van der Waals surface area contributed by atoms with Crippen molar-refractivity contribution in [1.82, 2.24) is 39.9 Å². The molecule has 1 aliphatic heterocycles. The van der Waals surface area contributed by atoms with Crippen LogP contribution in [0.1, 0.15) is 71.3 Å². The number of hydrogen-bond acceptors (Lipinski definition) is 6. The van der Waals surface area contributed by atoms with E-state index in [4.69, 9.17) is 0 Å². The van der Waals surface area contributed by atoms with Gasteiger partial charge in [0.2, 0.25) is 0 Å². The summed E-state index contributed by atoms with van der Waals surface area (Å²) in [6.07, 6.45) is 6.65.